The van der Waals surface area contributed by atoms with Crippen LogP contribution in [0.25, 0.3) is 0 Å². The molecule has 1 aromatic carbocycles. The van der Waals surface area contributed by atoms with Crippen LogP contribution in [0.2, 0.25) is 0 Å². The van der Waals surface area contributed by atoms with Crippen LogP contribution in [0.5, 0.6) is 5.75 Å². The summed E-state index contributed by atoms with van der Waals surface area (Å²) in [5.74, 6) is -1.62. The molecule has 0 radical (unpaired) electrons. The summed E-state index contributed by atoms with van der Waals surface area (Å²) >= 11 is 0. The third-order valence-electron chi connectivity index (χ3n) is 3.21. The lowest BCUT2D eigenvalue weighted by atomic mass is 10.2. The van der Waals surface area contributed by atoms with Gasteiger partial charge in [0, 0.05) is 25.2 Å². The molecular formula is C13H14N2O6. The Balaban J connectivity index is 2.10. The van der Waals surface area contributed by atoms with Crippen LogP contribution in [0.1, 0.15) is 23.2 Å². The number of carboxylic acids is 1. The molecule has 112 valence electrons. The molecule has 1 N–H and O–H groups in total. The average molecular weight is 294 g/mol. The first-order valence-corrected chi connectivity index (χ1v) is 6.41. The van der Waals surface area contributed by atoms with Crippen molar-refractivity contribution in [1.82, 2.24) is 4.90 Å². The molecule has 1 aliphatic heterocycles. The molecule has 1 amide bonds. The summed E-state index contributed by atoms with van der Waals surface area (Å²) in [6.07, 6.45) is 1.90. The maximum Gasteiger partial charge on any atom is 0.339 e. The molecular weight excluding hydrogens is 280 g/mol. The highest BCUT2D eigenvalue weighted by Crippen LogP contribution is 2.24. The molecule has 0 aliphatic carbocycles. The fraction of sp³-hybridized carbons (Fsp3) is 0.385. The summed E-state index contributed by atoms with van der Waals surface area (Å²) in [6.45, 7) is 1.07. The second kappa shape index (κ2) is 6.21. The zero-order chi connectivity index (χ0) is 15.4. The van der Waals surface area contributed by atoms with E-state index in [-0.39, 0.29) is 29.5 Å². The number of hydrogen-bond donors (Lipinski definition) is 1. The Morgan fingerprint density at radius 1 is 1.33 bits per heavy atom. The predicted molar refractivity (Wildman–Crippen MR) is 71.4 cm³/mol. The molecule has 0 atom stereocenters. The van der Waals surface area contributed by atoms with Gasteiger partial charge in [-0.3, -0.25) is 14.9 Å². The van der Waals surface area contributed by atoms with Gasteiger partial charge in [0.25, 0.3) is 11.6 Å². The first kappa shape index (κ1) is 14.8. The maximum atomic E-state index is 11.8. The Morgan fingerprint density at radius 2 is 2.00 bits per heavy atom. The van der Waals surface area contributed by atoms with Gasteiger partial charge in [0.1, 0.15) is 11.3 Å². The minimum atomic E-state index is -1.35. The zero-order valence-corrected chi connectivity index (χ0v) is 11.2. The van der Waals surface area contributed by atoms with Crippen LogP contribution in [-0.4, -0.2) is 46.5 Å². The minimum Gasteiger partial charge on any atom is -0.483 e. The first-order chi connectivity index (χ1) is 9.99. The number of nitrogens with zero attached hydrogens (tertiary/aromatic N) is 2. The molecule has 21 heavy (non-hydrogen) atoms. The molecule has 0 aromatic heterocycles. The van der Waals surface area contributed by atoms with Crippen molar-refractivity contribution in [3.8, 4) is 5.75 Å². The third kappa shape index (κ3) is 3.47. The smallest absolute Gasteiger partial charge is 0.339 e. The number of carbonyl (C=O) groups excluding carboxylic acids is 1. The van der Waals surface area contributed by atoms with Gasteiger partial charge in [-0.25, -0.2) is 4.79 Å². The highest BCUT2D eigenvalue weighted by molar-refractivity contribution is 5.92. The molecule has 2 rings (SSSR count). The Labute approximate surface area is 120 Å². The van der Waals surface area contributed by atoms with E-state index in [2.05, 4.69) is 0 Å². The van der Waals surface area contributed by atoms with Gasteiger partial charge in [0.2, 0.25) is 0 Å². The number of nitro groups is 1. The third-order valence-corrected chi connectivity index (χ3v) is 3.21. The van der Waals surface area contributed by atoms with Gasteiger partial charge in [-0.1, -0.05) is 0 Å². The van der Waals surface area contributed by atoms with Gasteiger partial charge in [-0.2, -0.15) is 0 Å². The molecule has 0 unspecified atom stereocenters. The van der Waals surface area contributed by atoms with Gasteiger partial charge in [-0.15, -0.1) is 0 Å². The van der Waals surface area contributed by atoms with E-state index in [1.165, 1.54) is 6.07 Å². The van der Waals surface area contributed by atoms with Crippen molar-refractivity contribution >= 4 is 17.6 Å². The molecule has 0 bridgehead atoms. The molecule has 8 heteroatoms. The summed E-state index contributed by atoms with van der Waals surface area (Å²) < 4.78 is 5.21. The van der Waals surface area contributed by atoms with Crippen molar-refractivity contribution in [1.29, 1.82) is 0 Å². The van der Waals surface area contributed by atoms with Crippen molar-refractivity contribution in [3.63, 3.8) is 0 Å². The summed E-state index contributed by atoms with van der Waals surface area (Å²) in [5, 5.41) is 19.7. The maximum absolute atomic E-state index is 11.8. The lowest BCUT2D eigenvalue weighted by Gasteiger charge is -2.16. The molecule has 1 fully saturated rings. The number of nitro benzene ring substituents is 1. The SMILES string of the molecule is O=C(O)c1cc([N+](=O)[O-])ccc1OCC(=O)N1CCCC1. The fourth-order valence-corrected chi connectivity index (χ4v) is 2.12. The number of carboxylic acid groups (broad SMARTS) is 1. The lowest BCUT2D eigenvalue weighted by Crippen LogP contribution is -2.32. The van der Waals surface area contributed by atoms with Crippen LogP contribution in [0, 0.1) is 10.1 Å². The lowest BCUT2D eigenvalue weighted by molar-refractivity contribution is -0.384. The number of non-ortho nitro benzene ring substituents is 1. The van der Waals surface area contributed by atoms with Gasteiger partial charge in [0.15, 0.2) is 6.61 Å². The Bertz CT molecular complexity index is 580. The van der Waals surface area contributed by atoms with E-state index in [1.807, 2.05) is 0 Å². The fourth-order valence-electron chi connectivity index (χ4n) is 2.12. The van der Waals surface area contributed by atoms with E-state index in [9.17, 15) is 19.7 Å². The van der Waals surface area contributed by atoms with E-state index in [0.717, 1.165) is 25.0 Å². The summed E-state index contributed by atoms with van der Waals surface area (Å²) in [6, 6.07) is 3.25. The van der Waals surface area contributed by atoms with Crippen LogP contribution in [0.3, 0.4) is 0 Å². The van der Waals surface area contributed by atoms with Gasteiger partial charge < -0.3 is 14.7 Å². The number of rotatable bonds is 5. The topological polar surface area (TPSA) is 110 Å². The van der Waals surface area contributed by atoms with Gasteiger partial charge in [-0.05, 0) is 18.9 Å². The Hall–Kier alpha value is -2.64. The Kier molecular flexibility index (Phi) is 4.36. The number of hydrogen-bond acceptors (Lipinski definition) is 5. The Morgan fingerprint density at radius 3 is 2.57 bits per heavy atom. The summed E-state index contributed by atoms with van der Waals surface area (Å²) in [5.41, 5.74) is -0.677. The van der Waals surface area contributed by atoms with E-state index < -0.39 is 10.9 Å². The quantitative estimate of drug-likeness (QED) is 0.647. The van der Waals surface area contributed by atoms with Crippen molar-refractivity contribution < 1.29 is 24.4 Å². The van der Waals surface area contributed by atoms with Crippen molar-refractivity contribution in [2.45, 2.75) is 12.8 Å². The van der Waals surface area contributed by atoms with E-state index in [1.54, 1.807) is 4.90 Å². The number of likely N-dealkylation sites (tertiary alicyclic amines) is 1. The van der Waals surface area contributed by atoms with E-state index in [4.69, 9.17) is 9.84 Å². The highest BCUT2D eigenvalue weighted by atomic mass is 16.6. The van der Waals surface area contributed by atoms with Crippen LogP contribution < -0.4 is 4.74 Å². The number of benzene rings is 1. The predicted octanol–water partition coefficient (Wildman–Crippen LogP) is 1.29. The van der Waals surface area contributed by atoms with E-state index in [0.29, 0.717) is 13.1 Å². The standard InChI is InChI=1S/C13H14N2O6/c16-12(14-5-1-2-6-14)8-21-11-4-3-9(15(19)20)7-10(11)13(17)18/h3-4,7H,1-2,5-6,8H2,(H,17,18). The molecule has 1 saturated heterocycles. The number of carbonyl (C=O) groups is 2. The molecule has 0 spiro atoms. The summed E-state index contributed by atoms with van der Waals surface area (Å²) in [7, 11) is 0. The number of ether oxygens (including phenoxy) is 1. The van der Waals surface area contributed by atoms with Crippen LogP contribution in [-0.2, 0) is 4.79 Å². The average Bonchev–Trinajstić information content (AvgIpc) is 2.98. The van der Waals surface area contributed by atoms with Crippen molar-refractivity contribution in [2.75, 3.05) is 19.7 Å². The zero-order valence-electron chi connectivity index (χ0n) is 11.2. The second-order valence-corrected chi connectivity index (χ2v) is 4.62. The van der Waals surface area contributed by atoms with Gasteiger partial charge in [0.05, 0.1) is 4.92 Å². The largest absolute Gasteiger partial charge is 0.483 e. The molecule has 1 aromatic rings. The second-order valence-electron chi connectivity index (χ2n) is 4.62. The van der Waals surface area contributed by atoms with Crippen LogP contribution >= 0.6 is 0 Å². The molecule has 0 saturated carbocycles. The molecule has 1 aliphatic rings. The molecule has 8 nitrogen and oxygen atoms in total. The summed E-state index contributed by atoms with van der Waals surface area (Å²) in [4.78, 5) is 34.5. The first-order valence-electron chi connectivity index (χ1n) is 6.41. The highest BCUT2D eigenvalue weighted by Gasteiger charge is 2.21. The minimum absolute atomic E-state index is 0.0550. The normalized spacial score (nSPS) is 14.0. The van der Waals surface area contributed by atoms with Crippen LogP contribution in [0.4, 0.5) is 5.69 Å². The molecule has 1 heterocycles. The van der Waals surface area contributed by atoms with Gasteiger partial charge >= 0.3 is 5.97 Å². The van der Waals surface area contributed by atoms with Crippen molar-refractivity contribution in [3.05, 3.63) is 33.9 Å². The monoisotopic (exact) mass is 294 g/mol. The van der Waals surface area contributed by atoms with Crippen molar-refractivity contribution in [2.24, 2.45) is 0 Å². The number of amides is 1. The van der Waals surface area contributed by atoms with Crippen LogP contribution in [0.15, 0.2) is 18.2 Å². The van der Waals surface area contributed by atoms with E-state index >= 15 is 0 Å². The number of aromatic carboxylic acids is 1.